The van der Waals surface area contributed by atoms with Crippen LogP contribution < -0.4 is 9.47 Å². The van der Waals surface area contributed by atoms with Gasteiger partial charge in [0.05, 0.1) is 7.11 Å². The molecule has 0 heterocycles. The Morgan fingerprint density at radius 3 is 2.55 bits per heavy atom. The van der Waals surface area contributed by atoms with Crippen molar-refractivity contribution in [3.8, 4) is 11.5 Å². The molecule has 0 saturated heterocycles. The molecule has 0 aliphatic carbocycles. The van der Waals surface area contributed by atoms with Crippen molar-refractivity contribution in [1.29, 1.82) is 0 Å². The van der Waals surface area contributed by atoms with E-state index in [9.17, 15) is 9.59 Å². The number of methoxy groups -OCH3 is 1. The van der Waals surface area contributed by atoms with Crippen molar-refractivity contribution < 1.29 is 23.8 Å². The minimum atomic E-state index is -0.481. The smallest absolute Gasteiger partial charge is 0.344 e. The Hall–Kier alpha value is -2.82. The molecule has 2 rings (SSSR count). The number of ether oxygens (including phenoxy) is 3. The zero-order valence-electron chi connectivity index (χ0n) is 12.2. The van der Waals surface area contributed by atoms with Crippen LogP contribution in [0.15, 0.2) is 48.5 Å². The average Bonchev–Trinajstić information content (AvgIpc) is 2.58. The Balaban J connectivity index is 1.87. The van der Waals surface area contributed by atoms with Crippen molar-refractivity contribution in [2.75, 3.05) is 13.7 Å². The number of benzene rings is 2. The highest BCUT2D eigenvalue weighted by molar-refractivity contribution is 5.76. The summed E-state index contributed by atoms with van der Waals surface area (Å²) in [6, 6.07) is 14.1. The van der Waals surface area contributed by atoms with E-state index in [0.29, 0.717) is 23.3 Å². The van der Waals surface area contributed by atoms with Gasteiger partial charge in [0.1, 0.15) is 12.9 Å². The Labute approximate surface area is 128 Å². The van der Waals surface area contributed by atoms with E-state index >= 15 is 0 Å². The van der Waals surface area contributed by atoms with Crippen molar-refractivity contribution in [2.24, 2.45) is 0 Å². The van der Waals surface area contributed by atoms with Gasteiger partial charge < -0.3 is 14.2 Å². The van der Waals surface area contributed by atoms with Crippen LogP contribution in [-0.2, 0) is 16.1 Å². The largest absolute Gasteiger partial charge is 0.493 e. The first-order valence-electron chi connectivity index (χ1n) is 6.68. The molecule has 0 N–H and O–H groups in total. The van der Waals surface area contributed by atoms with Crippen molar-refractivity contribution in [1.82, 2.24) is 0 Å². The number of rotatable bonds is 7. The van der Waals surface area contributed by atoms with E-state index in [-0.39, 0.29) is 13.2 Å². The molecule has 2 aromatic carbocycles. The molecule has 0 bridgehead atoms. The van der Waals surface area contributed by atoms with E-state index in [1.165, 1.54) is 13.2 Å². The minimum Gasteiger partial charge on any atom is -0.493 e. The summed E-state index contributed by atoms with van der Waals surface area (Å²) in [7, 11) is 1.46. The predicted molar refractivity (Wildman–Crippen MR) is 80.1 cm³/mol. The molecule has 0 fully saturated rings. The monoisotopic (exact) mass is 300 g/mol. The second kappa shape index (κ2) is 7.83. The van der Waals surface area contributed by atoms with Crippen LogP contribution in [0.25, 0.3) is 0 Å². The summed E-state index contributed by atoms with van der Waals surface area (Å²) in [6.07, 6.45) is 0.709. The van der Waals surface area contributed by atoms with Crippen LogP contribution in [0.4, 0.5) is 0 Å². The number of carbonyl (C=O) groups is 2. The topological polar surface area (TPSA) is 61.8 Å². The molecule has 114 valence electrons. The van der Waals surface area contributed by atoms with Gasteiger partial charge in [-0.3, -0.25) is 4.79 Å². The maximum Gasteiger partial charge on any atom is 0.344 e. The predicted octanol–water partition coefficient (Wildman–Crippen LogP) is 2.63. The first-order valence-corrected chi connectivity index (χ1v) is 6.68. The molecule has 0 saturated carbocycles. The average molecular weight is 300 g/mol. The molecule has 0 radical (unpaired) electrons. The second-order valence-electron chi connectivity index (χ2n) is 4.46. The zero-order valence-corrected chi connectivity index (χ0v) is 12.2. The Morgan fingerprint density at radius 1 is 1.09 bits per heavy atom. The molecular weight excluding hydrogens is 284 g/mol. The summed E-state index contributed by atoms with van der Waals surface area (Å²) in [5.41, 5.74) is 1.37. The summed E-state index contributed by atoms with van der Waals surface area (Å²) in [5, 5.41) is 0. The minimum absolute atomic E-state index is 0.199. The molecule has 0 amide bonds. The van der Waals surface area contributed by atoms with Crippen molar-refractivity contribution in [3.63, 3.8) is 0 Å². The second-order valence-corrected chi connectivity index (χ2v) is 4.46. The van der Waals surface area contributed by atoms with Gasteiger partial charge in [-0.1, -0.05) is 30.3 Å². The van der Waals surface area contributed by atoms with E-state index in [0.717, 1.165) is 5.56 Å². The third kappa shape index (κ3) is 4.34. The van der Waals surface area contributed by atoms with Crippen LogP contribution in [0.1, 0.15) is 15.9 Å². The van der Waals surface area contributed by atoms with Crippen molar-refractivity contribution in [3.05, 3.63) is 59.7 Å². The number of aldehydes is 1. The van der Waals surface area contributed by atoms with E-state index in [2.05, 4.69) is 0 Å². The highest BCUT2D eigenvalue weighted by Gasteiger charge is 2.09. The Morgan fingerprint density at radius 2 is 1.86 bits per heavy atom. The number of carbonyl (C=O) groups excluding carboxylic acids is 2. The fourth-order valence-corrected chi connectivity index (χ4v) is 1.79. The highest BCUT2D eigenvalue weighted by atomic mass is 16.6. The van der Waals surface area contributed by atoms with E-state index < -0.39 is 5.97 Å². The molecule has 22 heavy (non-hydrogen) atoms. The highest BCUT2D eigenvalue weighted by Crippen LogP contribution is 2.27. The van der Waals surface area contributed by atoms with E-state index in [1.807, 2.05) is 30.3 Å². The van der Waals surface area contributed by atoms with Gasteiger partial charge in [-0.25, -0.2) is 4.79 Å². The maximum absolute atomic E-state index is 11.7. The van der Waals surface area contributed by atoms with Crippen LogP contribution in [0, 0.1) is 0 Å². The molecule has 0 spiro atoms. The summed E-state index contributed by atoms with van der Waals surface area (Å²) in [6.45, 7) is -0.0339. The normalized spacial score (nSPS) is 9.86. The number of hydrogen-bond donors (Lipinski definition) is 0. The van der Waals surface area contributed by atoms with Crippen LogP contribution in [0.3, 0.4) is 0 Å². The van der Waals surface area contributed by atoms with Gasteiger partial charge in [-0.15, -0.1) is 0 Å². The molecule has 0 unspecified atom stereocenters. The summed E-state index contributed by atoms with van der Waals surface area (Å²) >= 11 is 0. The molecule has 0 aromatic heterocycles. The van der Waals surface area contributed by atoms with Gasteiger partial charge in [0.2, 0.25) is 0 Å². The summed E-state index contributed by atoms with van der Waals surface area (Å²) < 4.78 is 15.6. The lowest BCUT2D eigenvalue weighted by Crippen LogP contribution is -2.15. The lowest BCUT2D eigenvalue weighted by Gasteiger charge is -2.11. The molecule has 5 heteroatoms. The fraction of sp³-hybridized carbons (Fsp3) is 0.176. The third-order valence-corrected chi connectivity index (χ3v) is 2.91. The summed E-state index contributed by atoms with van der Waals surface area (Å²) in [4.78, 5) is 22.4. The molecular formula is C17H16O5. The lowest BCUT2D eigenvalue weighted by atomic mass is 10.2. The van der Waals surface area contributed by atoms with E-state index in [4.69, 9.17) is 14.2 Å². The molecule has 5 nitrogen and oxygen atoms in total. The first-order chi connectivity index (χ1) is 10.7. The lowest BCUT2D eigenvalue weighted by molar-refractivity contribution is -0.147. The SMILES string of the molecule is COc1cc(C=O)ccc1OCC(=O)OCc1ccccc1. The van der Waals surface area contributed by atoms with Crippen molar-refractivity contribution in [2.45, 2.75) is 6.61 Å². The van der Waals surface area contributed by atoms with Crippen LogP contribution in [0.2, 0.25) is 0 Å². The molecule has 0 aliphatic heterocycles. The maximum atomic E-state index is 11.7. The Kier molecular flexibility index (Phi) is 5.54. The molecule has 0 atom stereocenters. The molecule has 2 aromatic rings. The number of hydrogen-bond acceptors (Lipinski definition) is 5. The van der Waals surface area contributed by atoms with Crippen LogP contribution in [-0.4, -0.2) is 26.0 Å². The molecule has 0 aliphatic rings. The van der Waals surface area contributed by atoms with Gasteiger partial charge in [-0.05, 0) is 23.8 Å². The quantitative estimate of drug-likeness (QED) is 0.581. The number of esters is 1. The zero-order chi connectivity index (χ0) is 15.8. The van der Waals surface area contributed by atoms with Crippen LogP contribution in [0.5, 0.6) is 11.5 Å². The van der Waals surface area contributed by atoms with E-state index in [1.54, 1.807) is 12.1 Å². The van der Waals surface area contributed by atoms with Crippen molar-refractivity contribution >= 4 is 12.3 Å². The fourth-order valence-electron chi connectivity index (χ4n) is 1.79. The third-order valence-electron chi connectivity index (χ3n) is 2.91. The van der Waals surface area contributed by atoms with Gasteiger partial charge in [0.25, 0.3) is 0 Å². The Bertz CT molecular complexity index is 637. The van der Waals surface area contributed by atoms with Gasteiger partial charge >= 0.3 is 5.97 Å². The first kappa shape index (κ1) is 15.6. The van der Waals surface area contributed by atoms with Gasteiger partial charge in [-0.2, -0.15) is 0 Å². The van der Waals surface area contributed by atoms with Crippen LogP contribution >= 0.6 is 0 Å². The summed E-state index contributed by atoms with van der Waals surface area (Å²) in [5.74, 6) is 0.288. The van der Waals surface area contributed by atoms with Gasteiger partial charge in [0.15, 0.2) is 18.1 Å². The standard InChI is InChI=1S/C17H16O5/c1-20-16-9-14(10-18)7-8-15(16)21-12-17(19)22-11-13-5-3-2-4-6-13/h2-10H,11-12H2,1H3. The van der Waals surface area contributed by atoms with Gasteiger partial charge in [0, 0.05) is 5.56 Å².